The molecule has 0 aliphatic carbocycles. The average Bonchev–Trinajstić information content (AvgIpc) is 2.57. The number of hydrogen-bond acceptors (Lipinski definition) is 2. The first-order chi connectivity index (χ1) is 7.84. The van der Waals surface area contributed by atoms with E-state index in [1.807, 2.05) is 0 Å². The maximum atomic E-state index is 5.49. The molecule has 0 radical (unpaired) electrons. The van der Waals surface area contributed by atoms with Crippen LogP contribution in [0.5, 0.6) is 0 Å². The molecule has 0 aromatic rings. The number of nitrogens with zero attached hydrogens (tertiary/aromatic N) is 1. The van der Waals surface area contributed by atoms with Gasteiger partial charge in [-0.05, 0) is 19.8 Å². The maximum absolute atomic E-state index is 5.49. The summed E-state index contributed by atoms with van der Waals surface area (Å²) in [5, 5.41) is 0. The highest BCUT2D eigenvalue weighted by atomic mass is 16.5. The monoisotopic (exact) mass is 227 g/mol. The van der Waals surface area contributed by atoms with Crippen molar-refractivity contribution in [2.75, 3.05) is 26.3 Å². The van der Waals surface area contributed by atoms with Crippen molar-refractivity contribution in [3.8, 4) is 0 Å². The molecule has 1 rings (SSSR count). The summed E-state index contributed by atoms with van der Waals surface area (Å²) >= 11 is 0. The van der Waals surface area contributed by atoms with Crippen molar-refractivity contribution in [3.05, 3.63) is 0 Å². The van der Waals surface area contributed by atoms with Gasteiger partial charge in [-0.3, -0.25) is 4.90 Å². The highest BCUT2D eigenvalue weighted by molar-refractivity contribution is 4.69. The van der Waals surface area contributed by atoms with Gasteiger partial charge in [0.25, 0.3) is 0 Å². The summed E-state index contributed by atoms with van der Waals surface area (Å²) in [6.07, 6.45) is 9.57. The molecule has 1 unspecified atom stereocenters. The largest absolute Gasteiger partial charge is 0.380 e. The van der Waals surface area contributed by atoms with Crippen LogP contribution in [-0.4, -0.2) is 37.2 Å². The zero-order valence-electron chi connectivity index (χ0n) is 11.2. The molecule has 0 aromatic heterocycles. The summed E-state index contributed by atoms with van der Waals surface area (Å²) < 4.78 is 5.49. The van der Waals surface area contributed by atoms with Gasteiger partial charge in [0, 0.05) is 25.7 Å². The molecule has 2 heteroatoms. The lowest BCUT2D eigenvalue weighted by Crippen LogP contribution is -2.35. The normalized spacial score (nSPS) is 20.6. The lowest BCUT2D eigenvalue weighted by molar-refractivity contribution is 0.132. The number of unbranched alkanes of at least 4 members (excludes halogenated alkanes) is 4. The van der Waals surface area contributed by atoms with Crippen LogP contribution in [0.1, 0.15) is 58.8 Å². The number of hydrogen-bond donors (Lipinski definition) is 0. The number of ether oxygens (including phenoxy) is 1. The fourth-order valence-corrected chi connectivity index (χ4v) is 2.43. The summed E-state index contributed by atoms with van der Waals surface area (Å²) in [6.45, 7) is 8.91. The van der Waals surface area contributed by atoms with Gasteiger partial charge in [-0.15, -0.1) is 0 Å². The van der Waals surface area contributed by atoms with E-state index in [0.29, 0.717) is 0 Å². The van der Waals surface area contributed by atoms with E-state index in [9.17, 15) is 0 Å². The molecule has 0 N–H and O–H groups in total. The molecule has 1 heterocycles. The third-order valence-corrected chi connectivity index (χ3v) is 3.61. The third-order valence-electron chi connectivity index (χ3n) is 3.61. The van der Waals surface area contributed by atoms with Gasteiger partial charge in [0.15, 0.2) is 0 Å². The lowest BCUT2D eigenvalue weighted by atomic mass is 10.1. The molecule has 1 aliphatic rings. The second-order valence-corrected chi connectivity index (χ2v) is 5.05. The van der Waals surface area contributed by atoms with Gasteiger partial charge >= 0.3 is 0 Å². The van der Waals surface area contributed by atoms with E-state index in [4.69, 9.17) is 4.74 Å². The summed E-state index contributed by atoms with van der Waals surface area (Å²) in [5.41, 5.74) is 0. The Morgan fingerprint density at radius 1 is 1.06 bits per heavy atom. The highest BCUT2D eigenvalue weighted by Gasteiger charge is 2.14. The first kappa shape index (κ1) is 14.0. The molecule has 1 atom stereocenters. The molecule has 0 saturated carbocycles. The van der Waals surface area contributed by atoms with Crippen molar-refractivity contribution in [1.29, 1.82) is 0 Å². The van der Waals surface area contributed by atoms with E-state index in [-0.39, 0.29) is 0 Å². The van der Waals surface area contributed by atoms with Gasteiger partial charge in [0.05, 0.1) is 6.61 Å². The Kier molecular flexibility index (Phi) is 7.87. The van der Waals surface area contributed by atoms with Crippen molar-refractivity contribution in [2.24, 2.45) is 0 Å². The quantitative estimate of drug-likeness (QED) is 0.618. The van der Waals surface area contributed by atoms with Gasteiger partial charge in [-0.1, -0.05) is 39.0 Å². The molecule has 0 spiro atoms. The van der Waals surface area contributed by atoms with Gasteiger partial charge < -0.3 is 4.74 Å². The van der Waals surface area contributed by atoms with Crippen LogP contribution in [0.15, 0.2) is 0 Å². The minimum Gasteiger partial charge on any atom is -0.380 e. The predicted molar refractivity (Wildman–Crippen MR) is 69.8 cm³/mol. The van der Waals surface area contributed by atoms with E-state index in [1.54, 1.807) is 0 Å². The summed E-state index contributed by atoms with van der Waals surface area (Å²) in [6, 6.07) is 0.753. The highest BCUT2D eigenvalue weighted by Crippen LogP contribution is 2.13. The lowest BCUT2D eigenvalue weighted by Gasteiger charge is -2.27. The van der Waals surface area contributed by atoms with Gasteiger partial charge in [-0.25, -0.2) is 0 Å². The van der Waals surface area contributed by atoms with Crippen molar-refractivity contribution < 1.29 is 4.74 Å². The van der Waals surface area contributed by atoms with Crippen LogP contribution in [-0.2, 0) is 4.74 Å². The van der Waals surface area contributed by atoms with E-state index in [2.05, 4.69) is 18.7 Å². The Morgan fingerprint density at radius 3 is 2.69 bits per heavy atom. The van der Waals surface area contributed by atoms with Crippen LogP contribution in [0.25, 0.3) is 0 Å². The van der Waals surface area contributed by atoms with Crippen LogP contribution in [0.3, 0.4) is 0 Å². The molecule has 1 aliphatic heterocycles. The SMILES string of the molecule is CCCCCCCC(C)N1CCCOCC1. The number of rotatable bonds is 7. The Bertz CT molecular complexity index is 153. The molecule has 96 valence electrons. The first-order valence-electron chi connectivity index (χ1n) is 7.16. The van der Waals surface area contributed by atoms with E-state index < -0.39 is 0 Å². The van der Waals surface area contributed by atoms with Crippen molar-refractivity contribution >= 4 is 0 Å². The fourth-order valence-electron chi connectivity index (χ4n) is 2.43. The van der Waals surface area contributed by atoms with Crippen LogP contribution in [0.4, 0.5) is 0 Å². The zero-order chi connectivity index (χ0) is 11.6. The van der Waals surface area contributed by atoms with Crippen LogP contribution >= 0.6 is 0 Å². The maximum Gasteiger partial charge on any atom is 0.0593 e. The van der Waals surface area contributed by atoms with Crippen LogP contribution in [0.2, 0.25) is 0 Å². The smallest absolute Gasteiger partial charge is 0.0593 e. The zero-order valence-corrected chi connectivity index (χ0v) is 11.2. The summed E-state index contributed by atoms with van der Waals surface area (Å²) in [4.78, 5) is 2.60. The Hall–Kier alpha value is -0.0800. The molecular weight excluding hydrogens is 198 g/mol. The summed E-state index contributed by atoms with van der Waals surface area (Å²) in [7, 11) is 0. The molecule has 0 aromatic carbocycles. The van der Waals surface area contributed by atoms with Crippen LogP contribution < -0.4 is 0 Å². The van der Waals surface area contributed by atoms with Crippen molar-refractivity contribution in [2.45, 2.75) is 64.8 Å². The molecule has 1 saturated heterocycles. The minimum atomic E-state index is 0.753. The summed E-state index contributed by atoms with van der Waals surface area (Å²) in [5.74, 6) is 0. The van der Waals surface area contributed by atoms with Crippen molar-refractivity contribution in [1.82, 2.24) is 4.90 Å². The average molecular weight is 227 g/mol. The Morgan fingerprint density at radius 2 is 1.88 bits per heavy atom. The first-order valence-corrected chi connectivity index (χ1v) is 7.16. The topological polar surface area (TPSA) is 12.5 Å². The van der Waals surface area contributed by atoms with E-state index >= 15 is 0 Å². The van der Waals surface area contributed by atoms with E-state index in [0.717, 1.165) is 25.8 Å². The Balaban J connectivity index is 2.05. The molecule has 1 fully saturated rings. The fraction of sp³-hybridized carbons (Fsp3) is 1.00. The van der Waals surface area contributed by atoms with Crippen molar-refractivity contribution in [3.63, 3.8) is 0 Å². The second kappa shape index (κ2) is 9.00. The molecule has 2 nitrogen and oxygen atoms in total. The van der Waals surface area contributed by atoms with Gasteiger partial charge in [-0.2, -0.15) is 0 Å². The van der Waals surface area contributed by atoms with Crippen LogP contribution in [0, 0.1) is 0 Å². The third kappa shape index (κ3) is 5.86. The molecular formula is C14H29NO. The second-order valence-electron chi connectivity index (χ2n) is 5.05. The predicted octanol–water partition coefficient (Wildman–Crippen LogP) is 3.46. The minimum absolute atomic E-state index is 0.753. The van der Waals surface area contributed by atoms with Gasteiger partial charge in [0.2, 0.25) is 0 Å². The molecule has 0 amide bonds. The Labute approximate surface area is 101 Å². The molecule has 0 bridgehead atoms. The van der Waals surface area contributed by atoms with Gasteiger partial charge in [0.1, 0.15) is 0 Å². The molecule has 16 heavy (non-hydrogen) atoms. The van der Waals surface area contributed by atoms with E-state index in [1.165, 1.54) is 51.5 Å². The standard InChI is InChI=1S/C14H29NO/c1-3-4-5-6-7-9-14(2)15-10-8-12-16-13-11-15/h14H,3-13H2,1-2H3.